The van der Waals surface area contributed by atoms with Crippen LogP contribution in [0.3, 0.4) is 0 Å². The summed E-state index contributed by atoms with van der Waals surface area (Å²) in [5.41, 5.74) is 5.71. The minimum atomic E-state index is -0.142. The first-order valence-corrected chi connectivity index (χ1v) is 9.56. The Balaban J connectivity index is 2.61. The van der Waals surface area contributed by atoms with Gasteiger partial charge in [0.2, 0.25) is 11.8 Å². The molecule has 2 rings (SSSR count). The largest absolute Gasteiger partial charge is 0.436 e. The van der Waals surface area contributed by atoms with Crippen LogP contribution in [0, 0.1) is 27.7 Å². The highest BCUT2D eigenvalue weighted by Crippen LogP contribution is 2.39. The van der Waals surface area contributed by atoms with E-state index in [-0.39, 0.29) is 5.91 Å². The molecule has 1 N–H and O–H groups in total. The molecule has 27 heavy (non-hydrogen) atoms. The van der Waals surface area contributed by atoms with Crippen LogP contribution in [-0.4, -0.2) is 24.0 Å². The van der Waals surface area contributed by atoms with Gasteiger partial charge < -0.3 is 15.0 Å². The van der Waals surface area contributed by atoms with E-state index in [1.165, 1.54) is 12.5 Å². The summed E-state index contributed by atoms with van der Waals surface area (Å²) in [5.74, 6) is 1.08. The molecular weight excluding hydrogens is 338 g/mol. The third-order valence-electron chi connectivity index (χ3n) is 4.41. The second-order valence-corrected chi connectivity index (χ2v) is 7.05. The van der Waals surface area contributed by atoms with Crippen molar-refractivity contribution in [2.45, 2.75) is 54.9 Å². The topological polar surface area (TPSA) is 54.5 Å². The van der Waals surface area contributed by atoms with Gasteiger partial charge in [-0.1, -0.05) is 24.6 Å². The Hall–Kier alpha value is -2.56. The molecule has 0 saturated heterocycles. The molecule has 0 atom stereocenters. The van der Waals surface area contributed by atoms with Crippen molar-refractivity contribution in [2.75, 3.05) is 23.3 Å². The fourth-order valence-electron chi connectivity index (χ4n) is 3.39. The van der Waals surface area contributed by atoms with Crippen LogP contribution in [0.15, 0.2) is 18.2 Å². The lowest BCUT2D eigenvalue weighted by Gasteiger charge is -2.27. The number of pyridine rings is 1. The number of nitrogens with one attached hydrogen (secondary N) is 1. The predicted molar refractivity (Wildman–Crippen MR) is 112 cm³/mol. The number of anilines is 2. The average Bonchev–Trinajstić information content (AvgIpc) is 2.57. The zero-order valence-corrected chi connectivity index (χ0v) is 17.6. The van der Waals surface area contributed by atoms with Crippen molar-refractivity contribution in [3.63, 3.8) is 0 Å². The Morgan fingerprint density at radius 2 is 1.74 bits per heavy atom. The fraction of sp³-hybridized carbons (Fsp3) is 0.455. The number of ether oxygens (including phenoxy) is 1. The standard InChI is InChI=1S/C22H31N3O2/c1-8-10-25(9-2)19-13-17(6)23-22(20(19)24-18(7)26)27-21-15(4)11-14(3)12-16(21)5/h11-13H,8-10H2,1-7H3,(H,24,26). The maximum atomic E-state index is 11.9. The Bertz CT molecular complexity index is 808. The second kappa shape index (κ2) is 8.89. The van der Waals surface area contributed by atoms with E-state index in [1.807, 2.05) is 26.8 Å². The van der Waals surface area contributed by atoms with E-state index in [4.69, 9.17) is 4.74 Å². The molecule has 0 unspecified atom stereocenters. The molecule has 1 heterocycles. The summed E-state index contributed by atoms with van der Waals surface area (Å²) >= 11 is 0. The Morgan fingerprint density at radius 1 is 1.11 bits per heavy atom. The number of aryl methyl sites for hydroxylation is 4. The van der Waals surface area contributed by atoms with Gasteiger partial charge >= 0.3 is 0 Å². The summed E-state index contributed by atoms with van der Waals surface area (Å²) in [4.78, 5) is 18.7. The van der Waals surface area contributed by atoms with Gasteiger partial charge in [0.25, 0.3) is 0 Å². The molecule has 0 radical (unpaired) electrons. The van der Waals surface area contributed by atoms with Crippen molar-refractivity contribution >= 4 is 17.3 Å². The van der Waals surface area contributed by atoms with Crippen LogP contribution in [0.5, 0.6) is 11.6 Å². The number of hydrogen-bond donors (Lipinski definition) is 1. The molecule has 146 valence electrons. The van der Waals surface area contributed by atoms with E-state index in [9.17, 15) is 4.79 Å². The van der Waals surface area contributed by atoms with Crippen LogP contribution >= 0.6 is 0 Å². The van der Waals surface area contributed by atoms with Crippen molar-refractivity contribution in [2.24, 2.45) is 0 Å². The lowest BCUT2D eigenvalue weighted by molar-refractivity contribution is -0.114. The normalized spacial score (nSPS) is 10.6. The lowest BCUT2D eigenvalue weighted by atomic mass is 10.1. The van der Waals surface area contributed by atoms with E-state index in [1.54, 1.807) is 0 Å². The van der Waals surface area contributed by atoms with Crippen molar-refractivity contribution < 1.29 is 9.53 Å². The highest BCUT2D eigenvalue weighted by molar-refractivity contribution is 5.95. The summed E-state index contributed by atoms with van der Waals surface area (Å²) in [6.07, 6.45) is 1.01. The first-order chi connectivity index (χ1) is 12.8. The van der Waals surface area contributed by atoms with Gasteiger partial charge in [-0.2, -0.15) is 0 Å². The van der Waals surface area contributed by atoms with Gasteiger partial charge in [0.05, 0.1) is 5.69 Å². The number of carbonyl (C=O) groups excluding carboxylic acids is 1. The van der Waals surface area contributed by atoms with Gasteiger partial charge in [-0.15, -0.1) is 0 Å². The highest BCUT2D eigenvalue weighted by Gasteiger charge is 2.20. The predicted octanol–water partition coefficient (Wildman–Crippen LogP) is 5.30. The number of rotatable bonds is 7. The molecule has 5 heteroatoms. The molecule has 0 aliphatic heterocycles. The van der Waals surface area contributed by atoms with E-state index in [0.29, 0.717) is 11.6 Å². The first kappa shape index (κ1) is 20.7. The minimum Gasteiger partial charge on any atom is -0.436 e. The zero-order chi connectivity index (χ0) is 20.1. The molecule has 0 bridgehead atoms. The summed E-state index contributed by atoms with van der Waals surface area (Å²) < 4.78 is 6.27. The van der Waals surface area contributed by atoms with Gasteiger partial charge in [-0.3, -0.25) is 4.79 Å². The van der Waals surface area contributed by atoms with Gasteiger partial charge in [0.15, 0.2) is 0 Å². The van der Waals surface area contributed by atoms with Crippen LogP contribution in [-0.2, 0) is 4.79 Å². The Labute approximate surface area is 162 Å². The summed E-state index contributed by atoms with van der Waals surface area (Å²) in [6, 6.07) is 6.19. The molecule has 0 fully saturated rings. The van der Waals surface area contributed by atoms with Crippen LogP contribution in [0.1, 0.15) is 49.6 Å². The third kappa shape index (κ3) is 5.00. The summed E-state index contributed by atoms with van der Waals surface area (Å²) in [5, 5.41) is 2.94. The second-order valence-electron chi connectivity index (χ2n) is 7.05. The van der Waals surface area contributed by atoms with E-state index < -0.39 is 0 Å². The number of nitrogens with zero attached hydrogens (tertiary/aromatic N) is 2. The maximum Gasteiger partial charge on any atom is 0.245 e. The highest BCUT2D eigenvalue weighted by atomic mass is 16.5. The SMILES string of the molecule is CCCN(CC)c1cc(C)nc(Oc2c(C)cc(C)cc2C)c1NC(C)=O. The molecule has 5 nitrogen and oxygen atoms in total. The van der Waals surface area contributed by atoms with Gasteiger partial charge in [0, 0.05) is 25.7 Å². The molecule has 0 saturated carbocycles. The minimum absolute atomic E-state index is 0.142. The summed E-state index contributed by atoms with van der Waals surface area (Å²) in [6.45, 7) is 15.6. The van der Waals surface area contributed by atoms with Gasteiger partial charge in [-0.05, 0) is 58.2 Å². The molecule has 2 aromatic rings. The first-order valence-electron chi connectivity index (χ1n) is 9.56. The molecule has 1 aromatic heterocycles. The zero-order valence-electron chi connectivity index (χ0n) is 17.6. The van der Waals surface area contributed by atoms with Gasteiger partial charge in [-0.25, -0.2) is 4.98 Å². The molecular formula is C22H31N3O2. The van der Waals surface area contributed by atoms with Gasteiger partial charge in [0.1, 0.15) is 11.4 Å². The molecule has 1 amide bonds. The number of benzene rings is 1. The van der Waals surface area contributed by atoms with Crippen molar-refractivity contribution in [3.05, 3.63) is 40.6 Å². The lowest BCUT2D eigenvalue weighted by Crippen LogP contribution is -2.25. The number of amides is 1. The molecule has 0 aliphatic carbocycles. The Morgan fingerprint density at radius 3 is 2.26 bits per heavy atom. The smallest absolute Gasteiger partial charge is 0.245 e. The summed E-state index contributed by atoms with van der Waals surface area (Å²) in [7, 11) is 0. The maximum absolute atomic E-state index is 11.9. The fourth-order valence-corrected chi connectivity index (χ4v) is 3.39. The number of hydrogen-bond acceptors (Lipinski definition) is 4. The van der Waals surface area contributed by atoms with Crippen molar-refractivity contribution in [3.8, 4) is 11.6 Å². The number of aromatic nitrogens is 1. The number of carbonyl (C=O) groups is 1. The van der Waals surface area contributed by atoms with Crippen LogP contribution in [0.2, 0.25) is 0 Å². The average molecular weight is 370 g/mol. The molecule has 1 aromatic carbocycles. The Kier molecular flexibility index (Phi) is 6.83. The molecule has 0 spiro atoms. The van der Waals surface area contributed by atoms with E-state index >= 15 is 0 Å². The quantitative estimate of drug-likeness (QED) is 0.719. The van der Waals surface area contributed by atoms with Crippen LogP contribution in [0.4, 0.5) is 11.4 Å². The van der Waals surface area contributed by atoms with Crippen LogP contribution in [0.25, 0.3) is 0 Å². The third-order valence-corrected chi connectivity index (χ3v) is 4.41. The van der Waals surface area contributed by atoms with E-state index in [0.717, 1.165) is 47.8 Å². The van der Waals surface area contributed by atoms with Crippen molar-refractivity contribution in [1.82, 2.24) is 4.98 Å². The van der Waals surface area contributed by atoms with E-state index in [2.05, 4.69) is 48.1 Å². The van der Waals surface area contributed by atoms with Crippen molar-refractivity contribution in [1.29, 1.82) is 0 Å². The van der Waals surface area contributed by atoms with Crippen LogP contribution < -0.4 is 15.0 Å². The monoisotopic (exact) mass is 369 g/mol. The molecule has 0 aliphatic rings.